The van der Waals surface area contributed by atoms with E-state index in [0.717, 1.165) is 27.9 Å². The minimum atomic E-state index is -0.249. The summed E-state index contributed by atoms with van der Waals surface area (Å²) in [7, 11) is 1.65. The fourth-order valence-corrected chi connectivity index (χ4v) is 2.75. The molecule has 1 atom stereocenters. The molecular weight excluding hydrogens is 321 g/mol. The van der Waals surface area contributed by atoms with Crippen molar-refractivity contribution in [1.82, 2.24) is 5.32 Å². The molecule has 0 saturated heterocycles. The molecule has 0 fully saturated rings. The van der Waals surface area contributed by atoms with Gasteiger partial charge in [-0.3, -0.25) is 0 Å². The zero-order valence-electron chi connectivity index (χ0n) is 11.5. The fraction of sp³-hybridized carbons (Fsp3) is 0.250. The van der Waals surface area contributed by atoms with Gasteiger partial charge in [-0.1, -0.05) is 41.1 Å². The highest BCUT2D eigenvalue weighted by Crippen LogP contribution is 2.30. The van der Waals surface area contributed by atoms with Crippen LogP contribution in [0.3, 0.4) is 0 Å². The zero-order chi connectivity index (χ0) is 14.5. The van der Waals surface area contributed by atoms with Gasteiger partial charge in [0.25, 0.3) is 0 Å². The van der Waals surface area contributed by atoms with Gasteiger partial charge in [0, 0.05) is 4.47 Å². The van der Waals surface area contributed by atoms with Gasteiger partial charge in [-0.25, -0.2) is 4.39 Å². The van der Waals surface area contributed by atoms with Gasteiger partial charge < -0.3 is 10.1 Å². The van der Waals surface area contributed by atoms with Crippen molar-refractivity contribution >= 4 is 15.9 Å². The van der Waals surface area contributed by atoms with Crippen LogP contribution in [0.4, 0.5) is 4.39 Å². The van der Waals surface area contributed by atoms with E-state index < -0.39 is 0 Å². The molecular formula is C16H17BrFNO. The highest BCUT2D eigenvalue weighted by atomic mass is 79.9. The van der Waals surface area contributed by atoms with E-state index in [4.69, 9.17) is 4.74 Å². The van der Waals surface area contributed by atoms with Crippen molar-refractivity contribution < 1.29 is 9.13 Å². The summed E-state index contributed by atoms with van der Waals surface area (Å²) in [6, 6.07) is 12.6. The summed E-state index contributed by atoms with van der Waals surface area (Å²) in [6.07, 6.45) is 0. The number of nitrogens with one attached hydrogen (secondary N) is 1. The van der Waals surface area contributed by atoms with Crippen LogP contribution >= 0.6 is 15.9 Å². The highest BCUT2D eigenvalue weighted by Gasteiger charge is 2.16. The molecule has 2 rings (SSSR count). The summed E-state index contributed by atoms with van der Waals surface area (Å²) in [5, 5.41) is 3.42. The summed E-state index contributed by atoms with van der Waals surface area (Å²) in [6.45, 7) is 2.86. The Morgan fingerprint density at radius 1 is 1.25 bits per heavy atom. The van der Waals surface area contributed by atoms with Crippen LogP contribution in [0, 0.1) is 5.82 Å². The first-order valence-corrected chi connectivity index (χ1v) is 7.27. The van der Waals surface area contributed by atoms with E-state index in [2.05, 4.69) is 21.2 Å². The maximum Gasteiger partial charge on any atom is 0.124 e. The van der Waals surface area contributed by atoms with Crippen LogP contribution in [0.2, 0.25) is 0 Å². The van der Waals surface area contributed by atoms with Crippen molar-refractivity contribution in [2.24, 2.45) is 0 Å². The third kappa shape index (κ3) is 3.38. The summed E-state index contributed by atoms with van der Waals surface area (Å²) in [4.78, 5) is 0. The number of hydrogen-bond acceptors (Lipinski definition) is 2. The molecule has 106 valence electrons. The second-order valence-electron chi connectivity index (χ2n) is 4.43. The Kier molecular flexibility index (Phi) is 5.15. The van der Waals surface area contributed by atoms with E-state index in [-0.39, 0.29) is 11.9 Å². The van der Waals surface area contributed by atoms with Gasteiger partial charge in [0.1, 0.15) is 11.6 Å². The average Bonchev–Trinajstić information content (AvgIpc) is 2.45. The van der Waals surface area contributed by atoms with Crippen molar-refractivity contribution in [3.63, 3.8) is 0 Å². The number of methoxy groups -OCH3 is 1. The zero-order valence-corrected chi connectivity index (χ0v) is 13.1. The topological polar surface area (TPSA) is 21.3 Å². The molecule has 0 aliphatic heterocycles. The maximum absolute atomic E-state index is 13.2. The monoisotopic (exact) mass is 337 g/mol. The van der Waals surface area contributed by atoms with Crippen molar-refractivity contribution in [2.45, 2.75) is 13.0 Å². The number of hydrogen-bond donors (Lipinski definition) is 1. The van der Waals surface area contributed by atoms with Crippen LogP contribution in [0.1, 0.15) is 24.1 Å². The van der Waals surface area contributed by atoms with Gasteiger partial charge in [-0.05, 0) is 41.9 Å². The first-order chi connectivity index (χ1) is 9.65. The van der Waals surface area contributed by atoms with E-state index in [1.807, 2.05) is 31.2 Å². The van der Waals surface area contributed by atoms with Crippen LogP contribution in [-0.2, 0) is 0 Å². The second kappa shape index (κ2) is 6.86. The Hall–Kier alpha value is -1.39. The average molecular weight is 338 g/mol. The lowest BCUT2D eigenvalue weighted by molar-refractivity contribution is 0.413. The summed E-state index contributed by atoms with van der Waals surface area (Å²) >= 11 is 3.44. The van der Waals surface area contributed by atoms with Crippen LogP contribution < -0.4 is 10.1 Å². The normalized spacial score (nSPS) is 12.2. The number of benzene rings is 2. The van der Waals surface area contributed by atoms with E-state index in [0.29, 0.717) is 0 Å². The Bertz CT molecular complexity index is 588. The van der Waals surface area contributed by atoms with E-state index in [1.54, 1.807) is 13.2 Å². The number of rotatable bonds is 5. The van der Waals surface area contributed by atoms with Crippen molar-refractivity contribution in [3.05, 3.63) is 63.9 Å². The molecule has 2 aromatic carbocycles. The van der Waals surface area contributed by atoms with Gasteiger partial charge in [-0.2, -0.15) is 0 Å². The van der Waals surface area contributed by atoms with Gasteiger partial charge >= 0.3 is 0 Å². The van der Waals surface area contributed by atoms with E-state index in [9.17, 15) is 4.39 Å². The largest absolute Gasteiger partial charge is 0.497 e. The molecule has 20 heavy (non-hydrogen) atoms. The molecule has 0 aromatic heterocycles. The molecule has 0 heterocycles. The van der Waals surface area contributed by atoms with E-state index in [1.165, 1.54) is 12.1 Å². The molecule has 1 N–H and O–H groups in total. The first-order valence-electron chi connectivity index (χ1n) is 6.48. The molecule has 1 unspecified atom stereocenters. The number of halogens is 2. The summed E-state index contributed by atoms with van der Waals surface area (Å²) < 4.78 is 19.3. The minimum Gasteiger partial charge on any atom is -0.497 e. The van der Waals surface area contributed by atoms with Crippen molar-refractivity contribution in [2.75, 3.05) is 13.7 Å². The summed E-state index contributed by atoms with van der Waals surface area (Å²) in [5.41, 5.74) is 2.08. The molecule has 0 spiro atoms. The molecule has 2 aromatic rings. The van der Waals surface area contributed by atoms with Crippen LogP contribution in [0.15, 0.2) is 46.9 Å². The smallest absolute Gasteiger partial charge is 0.124 e. The fourth-order valence-electron chi connectivity index (χ4n) is 2.17. The lowest BCUT2D eigenvalue weighted by atomic mass is 9.98. The molecule has 0 aliphatic carbocycles. The Balaban J connectivity index is 2.44. The van der Waals surface area contributed by atoms with E-state index >= 15 is 0 Å². The minimum absolute atomic E-state index is 0.00919. The first kappa shape index (κ1) is 15.0. The van der Waals surface area contributed by atoms with Crippen molar-refractivity contribution in [3.8, 4) is 5.75 Å². The van der Waals surface area contributed by atoms with Crippen LogP contribution in [0.25, 0.3) is 0 Å². The standard InChI is InChI=1S/C16H17BrFNO/c1-3-19-16(11-5-4-6-13(9-11)20-2)14-8-7-12(18)10-15(14)17/h4-10,16,19H,3H2,1-2H3. The van der Waals surface area contributed by atoms with Gasteiger partial charge in [-0.15, -0.1) is 0 Å². The summed E-state index contributed by atoms with van der Waals surface area (Å²) in [5.74, 6) is 0.560. The highest BCUT2D eigenvalue weighted by molar-refractivity contribution is 9.10. The second-order valence-corrected chi connectivity index (χ2v) is 5.29. The molecule has 0 amide bonds. The Labute approximate surface area is 127 Å². The van der Waals surface area contributed by atoms with Gasteiger partial charge in [0.05, 0.1) is 13.2 Å². The maximum atomic E-state index is 13.2. The Morgan fingerprint density at radius 3 is 2.70 bits per heavy atom. The van der Waals surface area contributed by atoms with Crippen molar-refractivity contribution in [1.29, 1.82) is 0 Å². The molecule has 0 aliphatic rings. The molecule has 0 radical (unpaired) electrons. The number of ether oxygens (including phenoxy) is 1. The quantitative estimate of drug-likeness (QED) is 0.878. The predicted octanol–water partition coefficient (Wildman–Crippen LogP) is 4.30. The van der Waals surface area contributed by atoms with Crippen LogP contribution in [0.5, 0.6) is 5.75 Å². The lowest BCUT2D eigenvalue weighted by Crippen LogP contribution is -2.22. The molecule has 2 nitrogen and oxygen atoms in total. The predicted molar refractivity (Wildman–Crippen MR) is 82.6 cm³/mol. The molecule has 0 saturated carbocycles. The van der Waals surface area contributed by atoms with Gasteiger partial charge in [0.15, 0.2) is 0 Å². The van der Waals surface area contributed by atoms with Gasteiger partial charge in [0.2, 0.25) is 0 Å². The molecule has 0 bridgehead atoms. The third-order valence-corrected chi connectivity index (χ3v) is 3.80. The SMILES string of the molecule is CCNC(c1cccc(OC)c1)c1ccc(F)cc1Br. The lowest BCUT2D eigenvalue weighted by Gasteiger charge is -2.21. The van der Waals surface area contributed by atoms with Crippen LogP contribution in [-0.4, -0.2) is 13.7 Å². The molecule has 4 heteroatoms. The Morgan fingerprint density at radius 2 is 2.05 bits per heavy atom. The third-order valence-electron chi connectivity index (χ3n) is 3.11.